The molecule has 6 heteroatoms. The molecule has 0 amide bonds. The first-order valence-corrected chi connectivity index (χ1v) is 7.64. The number of imidazole rings is 1. The molecule has 0 aliphatic carbocycles. The van der Waals surface area contributed by atoms with E-state index < -0.39 is 0 Å². The van der Waals surface area contributed by atoms with Crippen molar-refractivity contribution in [2.45, 2.75) is 0 Å². The van der Waals surface area contributed by atoms with Crippen LogP contribution in [0.2, 0.25) is 5.02 Å². The van der Waals surface area contributed by atoms with E-state index in [1.807, 2.05) is 35.0 Å². The third-order valence-corrected chi connectivity index (χ3v) is 4.10. The largest absolute Gasteiger partial charge is 0.496 e. The van der Waals surface area contributed by atoms with Gasteiger partial charge in [-0.3, -0.25) is 0 Å². The molecule has 21 heavy (non-hydrogen) atoms. The number of nitrogens with zero attached hydrogens (tertiary/aromatic N) is 2. The predicted molar refractivity (Wildman–Crippen MR) is 91.5 cm³/mol. The van der Waals surface area contributed by atoms with Gasteiger partial charge in [-0.15, -0.1) is 0 Å². The Hall–Kier alpha value is -1.47. The minimum Gasteiger partial charge on any atom is -0.496 e. The summed E-state index contributed by atoms with van der Waals surface area (Å²) < 4.78 is 13.8. The molecule has 0 bridgehead atoms. The molecule has 0 unspecified atom stereocenters. The summed E-state index contributed by atoms with van der Waals surface area (Å²) in [5, 5.41) is 0.528. The smallest absolute Gasteiger partial charge is 0.141 e. The van der Waals surface area contributed by atoms with Crippen LogP contribution in [-0.4, -0.2) is 23.6 Å². The van der Waals surface area contributed by atoms with Crippen molar-refractivity contribution in [3.63, 3.8) is 0 Å². The van der Waals surface area contributed by atoms with Gasteiger partial charge in [-0.25, -0.2) is 4.98 Å². The average Bonchev–Trinajstić information content (AvgIpc) is 2.89. The van der Waals surface area contributed by atoms with Crippen molar-refractivity contribution in [2.75, 3.05) is 14.2 Å². The zero-order valence-corrected chi connectivity index (χ0v) is 14.3. The summed E-state index contributed by atoms with van der Waals surface area (Å²) in [6.07, 6.45) is 3.97. The summed E-state index contributed by atoms with van der Waals surface area (Å²) in [5.74, 6) is 1.25. The first kappa shape index (κ1) is 14.5. The van der Waals surface area contributed by atoms with Crippen LogP contribution in [0.4, 0.5) is 0 Å². The second-order valence-corrected chi connectivity index (χ2v) is 6.08. The van der Waals surface area contributed by atoms with Crippen molar-refractivity contribution in [3.8, 4) is 22.8 Å². The van der Waals surface area contributed by atoms with Gasteiger partial charge in [0.2, 0.25) is 0 Å². The minimum atomic E-state index is 0.528. The fourth-order valence-corrected chi connectivity index (χ4v) is 2.88. The third-order valence-electron chi connectivity index (χ3n) is 3.16. The number of fused-ring (bicyclic) bond motifs is 1. The monoisotopic (exact) mass is 414 g/mol. The number of methoxy groups -OCH3 is 2. The Morgan fingerprint density at radius 3 is 2.57 bits per heavy atom. The van der Waals surface area contributed by atoms with E-state index in [9.17, 15) is 0 Å². The molecule has 2 heterocycles. The highest BCUT2D eigenvalue weighted by Crippen LogP contribution is 2.38. The predicted octanol–water partition coefficient (Wildman–Crippen LogP) is 4.28. The lowest BCUT2D eigenvalue weighted by Crippen LogP contribution is -1.91. The number of halogens is 2. The first-order valence-electron chi connectivity index (χ1n) is 6.18. The molecule has 0 N–H and O–H groups in total. The van der Waals surface area contributed by atoms with Gasteiger partial charge in [0.05, 0.1) is 24.9 Å². The Bertz CT molecular complexity index is 817. The quantitative estimate of drug-likeness (QED) is 0.600. The van der Waals surface area contributed by atoms with E-state index in [-0.39, 0.29) is 0 Å². The van der Waals surface area contributed by atoms with E-state index in [1.54, 1.807) is 20.3 Å². The fraction of sp³-hybridized carbons (Fsp3) is 0.133. The first-order chi connectivity index (χ1) is 10.1. The second kappa shape index (κ2) is 5.73. The molecule has 0 aliphatic heterocycles. The van der Waals surface area contributed by atoms with Gasteiger partial charge in [-0.05, 0) is 40.8 Å². The Morgan fingerprint density at radius 1 is 1.10 bits per heavy atom. The van der Waals surface area contributed by atoms with E-state index >= 15 is 0 Å². The molecule has 108 valence electrons. The molecule has 0 saturated heterocycles. The molecular formula is C15H12ClIN2O2. The molecular weight excluding hydrogens is 403 g/mol. The van der Waals surface area contributed by atoms with Crippen LogP contribution in [0.25, 0.3) is 16.9 Å². The van der Waals surface area contributed by atoms with Crippen molar-refractivity contribution in [2.24, 2.45) is 0 Å². The summed E-state index contributed by atoms with van der Waals surface area (Å²) in [7, 11) is 3.19. The van der Waals surface area contributed by atoms with Gasteiger partial charge in [-0.1, -0.05) is 11.6 Å². The van der Waals surface area contributed by atoms with Crippen LogP contribution in [0.1, 0.15) is 0 Å². The highest BCUT2D eigenvalue weighted by Gasteiger charge is 2.14. The molecule has 0 aliphatic rings. The van der Waals surface area contributed by atoms with E-state index in [2.05, 4.69) is 27.6 Å². The Morgan fingerprint density at radius 2 is 1.86 bits per heavy atom. The maximum Gasteiger partial charge on any atom is 0.141 e. The van der Waals surface area contributed by atoms with Gasteiger partial charge < -0.3 is 13.9 Å². The highest BCUT2D eigenvalue weighted by atomic mass is 127. The molecule has 0 atom stereocenters. The maximum atomic E-state index is 6.22. The van der Waals surface area contributed by atoms with Crippen molar-refractivity contribution in [3.05, 3.63) is 45.3 Å². The molecule has 0 radical (unpaired) electrons. The number of hydrogen-bond donors (Lipinski definition) is 0. The Balaban J connectivity index is 2.19. The number of aromatic nitrogens is 2. The summed E-state index contributed by atoms with van der Waals surface area (Å²) in [4.78, 5) is 4.61. The van der Waals surface area contributed by atoms with Crippen molar-refractivity contribution in [1.82, 2.24) is 9.38 Å². The van der Waals surface area contributed by atoms with Crippen molar-refractivity contribution < 1.29 is 9.47 Å². The lowest BCUT2D eigenvalue weighted by atomic mass is 10.1. The zero-order valence-electron chi connectivity index (χ0n) is 11.4. The molecule has 3 aromatic rings. The SMILES string of the molecule is COc1cc(OC)c(-c2cn3cc(I)ccc3n2)cc1Cl. The summed E-state index contributed by atoms with van der Waals surface area (Å²) in [6, 6.07) is 7.57. The van der Waals surface area contributed by atoms with E-state index in [0.717, 1.165) is 20.5 Å². The lowest BCUT2D eigenvalue weighted by Gasteiger charge is -2.10. The topological polar surface area (TPSA) is 35.8 Å². The zero-order chi connectivity index (χ0) is 15.0. The van der Waals surface area contributed by atoms with Crippen LogP contribution in [0.3, 0.4) is 0 Å². The third kappa shape index (κ3) is 2.67. The fourth-order valence-electron chi connectivity index (χ4n) is 2.15. The number of rotatable bonds is 3. The minimum absolute atomic E-state index is 0.528. The summed E-state index contributed by atoms with van der Waals surface area (Å²) >= 11 is 8.49. The molecule has 1 aromatic carbocycles. The van der Waals surface area contributed by atoms with Crippen LogP contribution >= 0.6 is 34.2 Å². The van der Waals surface area contributed by atoms with Crippen LogP contribution in [0.5, 0.6) is 11.5 Å². The average molecular weight is 415 g/mol. The molecule has 0 spiro atoms. The normalized spacial score (nSPS) is 10.9. The second-order valence-electron chi connectivity index (χ2n) is 4.43. The number of benzene rings is 1. The lowest BCUT2D eigenvalue weighted by molar-refractivity contribution is 0.395. The van der Waals surface area contributed by atoms with Crippen molar-refractivity contribution in [1.29, 1.82) is 0 Å². The van der Waals surface area contributed by atoms with Gasteiger partial charge in [-0.2, -0.15) is 0 Å². The van der Waals surface area contributed by atoms with Crippen LogP contribution in [0.15, 0.2) is 36.7 Å². The Kier molecular flexibility index (Phi) is 3.95. The molecule has 2 aromatic heterocycles. The van der Waals surface area contributed by atoms with E-state index in [1.165, 1.54) is 0 Å². The van der Waals surface area contributed by atoms with Gasteiger partial charge in [0, 0.05) is 27.6 Å². The van der Waals surface area contributed by atoms with Crippen molar-refractivity contribution >= 4 is 39.8 Å². The molecule has 3 rings (SSSR count). The molecule has 4 nitrogen and oxygen atoms in total. The number of hydrogen-bond acceptors (Lipinski definition) is 3. The summed E-state index contributed by atoms with van der Waals surface area (Å²) in [6.45, 7) is 0. The molecule has 0 fully saturated rings. The highest BCUT2D eigenvalue weighted by molar-refractivity contribution is 14.1. The molecule has 0 saturated carbocycles. The van der Waals surface area contributed by atoms with Gasteiger partial charge in [0.15, 0.2) is 0 Å². The standard InChI is InChI=1S/C15H12ClIN2O2/c1-20-13-6-14(21-2)11(16)5-10(13)12-8-19-7-9(17)3-4-15(19)18-12/h3-8H,1-2H3. The maximum absolute atomic E-state index is 6.22. The van der Waals surface area contributed by atoms with Gasteiger partial charge in [0.25, 0.3) is 0 Å². The van der Waals surface area contributed by atoms with Gasteiger partial charge >= 0.3 is 0 Å². The number of pyridine rings is 1. The van der Waals surface area contributed by atoms with E-state index in [0.29, 0.717) is 16.5 Å². The number of ether oxygens (including phenoxy) is 2. The summed E-state index contributed by atoms with van der Waals surface area (Å²) in [5.41, 5.74) is 2.51. The Labute approximate surface area is 140 Å². The van der Waals surface area contributed by atoms with Crippen LogP contribution in [-0.2, 0) is 0 Å². The van der Waals surface area contributed by atoms with E-state index in [4.69, 9.17) is 21.1 Å². The van der Waals surface area contributed by atoms with Crippen LogP contribution < -0.4 is 9.47 Å². The van der Waals surface area contributed by atoms with Crippen LogP contribution in [0, 0.1) is 3.57 Å². The van der Waals surface area contributed by atoms with Gasteiger partial charge in [0.1, 0.15) is 17.1 Å².